The topological polar surface area (TPSA) is 102 Å². The summed E-state index contributed by atoms with van der Waals surface area (Å²) in [5.41, 5.74) is 8.03. The van der Waals surface area contributed by atoms with Crippen molar-refractivity contribution in [3.8, 4) is 22.8 Å². The van der Waals surface area contributed by atoms with Crippen LogP contribution in [0.2, 0.25) is 0 Å². The third-order valence-corrected chi connectivity index (χ3v) is 4.22. The number of halogens is 1. The number of nitrogens with two attached hydrogens (primary N) is 1. The predicted octanol–water partition coefficient (Wildman–Crippen LogP) is 2.96. The molecule has 3 aromatic rings. The van der Waals surface area contributed by atoms with E-state index in [1.54, 1.807) is 0 Å². The lowest BCUT2D eigenvalue weighted by Gasteiger charge is -2.06. The number of hydrogen-bond donors (Lipinski definition) is 2. The zero-order valence-electron chi connectivity index (χ0n) is 12.5. The molecular formula is C17H14IN3O3. The van der Waals surface area contributed by atoms with Crippen molar-refractivity contribution in [2.75, 3.05) is 0 Å². The number of aromatic nitrogens is 2. The van der Waals surface area contributed by atoms with E-state index in [9.17, 15) is 4.79 Å². The molecule has 0 saturated heterocycles. The van der Waals surface area contributed by atoms with E-state index in [2.05, 4.69) is 32.7 Å². The highest BCUT2D eigenvalue weighted by Gasteiger charge is 2.13. The fraction of sp³-hybridized carbons (Fsp3) is 0.118. The fourth-order valence-electron chi connectivity index (χ4n) is 2.18. The van der Waals surface area contributed by atoms with E-state index in [0.29, 0.717) is 11.7 Å². The molecule has 0 saturated carbocycles. The van der Waals surface area contributed by atoms with Crippen LogP contribution in [-0.2, 0) is 11.2 Å². The van der Waals surface area contributed by atoms with E-state index in [1.807, 2.05) is 48.5 Å². The van der Waals surface area contributed by atoms with Gasteiger partial charge in [-0.2, -0.15) is 4.98 Å². The quantitative estimate of drug-likeness (QED) is 0.598. The Morgan fingerprint density at radius 2 is 1.75 bits per heavy atom. The van der Waals surface area contributed by atoms with Gasteiger partial charge in [-0.05, 0) is 58.8 Å². The first-order valence-corrected chi connectivity index (χ1v) is 8.28. The number of carbonyl (C=O) groups is 1. The Hall–Kier alpha value is -2.26. The molecule has 0 aliphatic rings. The van der Waals surface area contributed by atoms with E-state index < -0.39 is 12.0 Å². The molecule has 24 heavy (non-hydrogen) atoms. The molecule has 0 fully saturated rings. The molecule has 7 heteroatoms. The summed E-state index contributed by atoms with van der Waals surface area (Å²) in [5, 5.41) is 12.8. The van der Waals surface area contributed by atoms with E-state index in [1.165, 1.54) is 0 Å². The average molecular weight is 435 g/mol. The van der Waals surface area contributed by atoms with Gasteiger partial charge in [0.25, 0.3) is 5.89 Å². The zero-order chi connectivity index (χ0) is 17.1. The van der Waals surface area contributed by atoms with Crippen molar-refractivity contribution in [1.82, 2.24) is 10.1 Å². The molecule has 0 aliphatic carbocycles. The van der Waals surface area contributed by atoms with Crippen LogP contribution in [0.1, 0.15) is 5.56 Å². The molecule has 0 amide bonds. The van der Waals surface area contributed by atoms with Crippen LogP contribution < -0.4 is 5.73 Å². The second kappa shape index (κ2) is 7.10. The van der Waals surface area contributed by atoms with E-state index in [4.69, 9.17) is 15.4 Å². The maximum Gasteiger partial charge on any atom is 0.320 e. The Bertz CT molecular complexity index is 844. The van der Waals surface area contributed by atoms with Gasteiger partial charge in [0.05, 0.1) is 0 Å². The number of aliphatic carboxylic acids is 1. The van der Waals surface area contributed by atoms with Crippen molar-refractivity contribution in [3.63, 3.8) is 0 Å². The van der Waals surface area contributed by atoms with Gasteiger partial charge in [0.2, 0.25) is 5.82 Å². The lowest BCUT2D eigenvalue weighted by Crippen LogP contribution is -2.32. The molecule has 3 N–H and O–H groups in total. The second-order valence-corrected chi connectivity index (χ2v) is 6.52. The fourth-order valence-corrected chi connectivity index (χ4v) is 2.54. The summed E-state index contributed by atoms with van der Waals surface area (Å²) in [6.45, 7) is 0. The van der Waals surface area contributed by atoms with Crippen molar-refractivity contribution >= 4 is 28.6 Å². The van der Waals surface area contributed by atoms with Gasteiger partial charge in [-0.15, -0.1) is 0 Å². The Kier molecular flexibility index (Phi) is 4.91. The van der Waals surface area contributed by atoms with Crippen LogP contribution in [0.25, 0.3) is 22.8 Å². The Morgan fingerprint density at radius 1 is 1.12 bits per heavy atom. The Morgan fingerprint density at radius 3 is 2.38 bits per heavy atom. The van der Waals surface area contributed by atoms with Crippen LogP contribution in [0.4, 0.5) is 0 Å². The molecule has 6 nitrogen and oxygen atoms in total. The monoisotopic (exact) mass is 435 g/mol. The molecule has 0 bridgehead atoms. The molecular weight excluding hydrogens is 421 g/mol. The first-order chi connectivity index (χ1) is 11.5. The molecule has 1 atom stereocenters. The highest BCUT2D eigenvalue weighted by atomic mass is 127. The highest BCUT2D eigenvalue weighted by molar-refractivity contribution is 14.1. The molecule has 2 aromatic carbocycles. The van der Waals surface area contributed by atoms with Crippen LogP contribution >= 0.6 is 22.6 Å². The molecule has 0 radical (unpaired) electrons. The summed E-state index contributed by atoms with van der Waals surface area (Å²) in [5.74, 6) is -0.0737. The summed E-state index contributed by atoms with van der Waals surface area (Å²) in [4.78, 5) is 15.2. The molecule has 0 spiro atoms. The van der Waals surface area contributed by atoms with Crippen LogP contribution in [0.15, 0.2) is 53.1 Å². The first-order valence-electron chi connectivity index (χ1n) is 7.20. The maximum atomic E-state index is 10.8. The largest absolute Gasteiger partial charge is 0.480 e. The van der Waals surface area contributed by atoms with Gasteiger partial charge < -0.3 is 15.4 Å². The minimum absolute atomic E-state index is 0.274. The molecule has 1 aromatic heterocycles. The zero-order valence-corrected chi connectivity index (χ0v) is 14.7. The van der Waals surface area contributed by atoms with Gasteiger partial charge >= 0.3 is 5.97 Å². The van der Waals surface area contributed by atoms with E-state index >= 15 is 0 Å². The molecule has 0 unspecified atom stereocenters. The second-order valence-electron chi connectivity index (χ2n) is 5.28. The first kappa shape index (κ1) is 16.6. The van der Waals surface area contributed by atoms with Gasteiger partial charge in [0.1, 0.15) is 6.04 Å². The number of benzene rings is 2. The molecule has 1 heterocycles. The third kappa shape index (κ3) is 3.80. The smallest absolute Gasteiger partial charge is 0.320 e. The minimum atomic E-state index is -1.01. The van der Waals surface area contributed by atoms with Crippen molar-refractivity contribution in [3.05, 3.63) is 57.7 Å². The van der Waals surface area contributed by atoms with E-state index in [-0.39, 0.29) is 6.42 Å². The number of rotatable bonds is 5. The lowest BCUT2D eigenvalue weighted by molar-refractivity contribution is -0.138. The van der Waals surface area contributed by atoms with Crippen molar-refractivity contribution in [2.24, 2.45) is 5.73 Å². The molecule has 0 aliphatic heterocycles. The normalized spacial score (nSPS) is 12.1. The van der Waals surface area contributed by atoms with Crippen molar-refractivity contribution < 1.29 is 14.4 Å². The van der Waals surface area contributed by atoms with Crippen LogP contribution in [0.3, 0.4) is 0 Å². The van der Waals surface area contributed by atoms with Crippen molar-refractivity contribution in [2.45, 2.75) is 12.5 Å². The molecule has 122 valence electrons. The SMILES string of the molecule is N[C@@H](Cc1ccc(-c2noc(-c3ccc(I)cc3)n2)cc1)C(=O)O. The summed E-state index contributed by atoms with van der Waals surface area (Å²) >= 11 is 2.23. The summed E-state index contributed by atoms with van der Waals surface area (Å²) in [6, 6.07) is 14.2. The van der Waals surface area contributed by atoms with Gasteiger partial charge in [-0.25, -0.2) is 0 Å². The van der Waals surface area contributed by atoms with Crippen LogP contribution in [0.5, 0.6) is 0 Å². The number of carboxylic acid groups (broad SMARTS) is 1. The van der Waals surface area contributed by atoms with E-state index in [0.717, 1.165) is 20.3 Å². The number of carboxylic acids is 1. The van der Waals surface area contributed by atoms with Crippen LogP contribution in [-0.4, -0.2) is 27.3 Å². The standard InChI is InChI=1S/C17H14IN3O3/c18-13-7-5-12(6-8-13)16-20-15(21-24-16)11-3-1-10(2-4-11)9-14(19)17(22)23/h1-8,14H,9,19H2,(H,22,23)/t14-/m0/s1. The Balaban J connectivity index is 1.78. The van der Waals surface area contributed by atoms with Gasteiger partial charge in [0.15, 0.2) is 0 Å². The number of nitrogens with zero attached hydrogens (tertiary/aromatic N) is 2. The van der Waals surface area contributed by atoms with Gasteiger partial charge in [-0.3, -0.25) is 4.79 Å². The number of hydrogen-bond acceptors (Lipinski definition) is 5. The predicted molar refractivity (Wildman–Crippen MR) is 97.2 cm³/mol. The molecule has 3 rings (SSSR count). The third-order valence-electron chi connectivity index (χ3n) is 3.50. The Labute approximate surface area is 151 Å². The van der Waals surface area contributed by atoms with Gasteiger partial charge in [-0.1, -0.05) is 29.4 Å². The summed E-state index contributed by atoms with van der Waals surface area (Å²) in [6.07, 6.45) is 0.274. The lowest BCUT2D eigenvalue weighted by atomic mass is 10.0. The van der Waals surface area contributed by atoms with Crippen LogP contribution in [0, 0.1) is 3.57 Å². The minimum Gasteiger partial charge on any atom is -0.480 e. The average Bonchev–Trinajstić information content (AvgIpc) is 3.06. The summed E-state index contributed by atoms with van der Waals surface area (Å²) < 4.78 is 6.44. The summed E-state index contributed by atoms with van der Waals surface area (Å²) in [7, 11) is 0. The van der Waals surface area contributed by atoms with Gasteiger partial charge in [0, 0.05) is 14.7 Å². The highest BCUT2D eigenvalue weighted by Crippen LogP contribution is 2.23. The van der Waals surface area contributed by atoms with Crippen molar-refractivity contribution in [1.29, 1.82) is 0 Å². The maximum absolute atomic E-state index is 10.8.